The number of rotatable bonds is 5. The van der Waals surface area contributed by atoms with Gasteiger partial charge in [0.1, 0.15) is 6.10 Å². The monoisotopic (exact) mass is 462 g/mol. The zero-order valence-electron chi connectivity index (χ0n) is 20.0. The van der Waals surface area contributed by atoms with Gasteiger partial charge in [-0.05, 0) is 63.0 Å². The quantitative estimate of drug-likeness (QED) is 0.714. The van der Waals surface area contributed by atoms with Crippen LogP contribution < -0.4 is 15.4 Å². The second kappa shape index (κ2) is 9.76. The molecule has 0 aromatic heterocycles. The second-order valence-corrected chi connectivity index (χ2v) is 9.93. The fourth-order valence-electron chi connectivity index (χ4n) is 5.27. The fraction of sp³-hybridized carbons (Fsp3) is 0.481. The van der Waals surface area contributed by atoms with E-state index in [9.17, 15) is 9.59 Å². The van der Waals surface area contributed by atoms with Crippen LogP contribution in [0.2, 0.25) is 0 Å². The molecule has 0 bridgehead atoms. The summed E-state index contributed by atoms with van der Waals surface area (Å²) in [5.74, 6) is 0.432. The van der Waals surface area contributed by atoms with Crippen LogP contribution in [0.15, 0.2) is 42.5 Å². The Labute approximate surface area is 201 Å². The molecule has 0 aliphatic carbocycles. The Morgan fingerprint density at radius 1 is 1.09 bits per heavy atom. The molecule has 1 fully saturated rings. The minimum Gasteiger partial charge on any atom is -0.484 e. The second-order valence-electron chi connectivity index (χ2n) is 9.93. The van der Waals surface area contributed by atoms with Gasteiger partial charge in [0.25, 0.3) is 5.91 Å². The van der Waals surface area contributed by atoms with Gasteiger partial charge in [-0.25, -0.2) is 0 Å². The van der Waals surface area contributed by atoms with E-state index >= 15 is 0 Å². The maximum absolute atomic E-state index is 13.5. The van der Waals surface area contributed by atoms with Crippen molar-refractivity contribution in [2.75, 3.05) is 31.5 Å². The molecule has 180 valence electrons. The van der Waals surface area contributed by atoms with E-state index in [0.29, 0.717) is 30.1 Å². The molecule has 7 nitrogen and oxygen atoms in total. The molecule has 1 unspecified atom stereocenters. The van der Waals surface area contributed by atoms with Crippen molar-refractivity contribution in [3.8, 4) is 5.75 Å². The Hall–Kier alpha value is -2.90. The van der Waals surface area contributed by atoms with Crippen molar-refractivity contribution in [3.63, 3.8) is 0 Å². The molecule has 2 N–H and O–H groups in total. The molecular weight excluding hydrogens is 428 g/mol. The van der Waals surface area contributed by atoms with Gasteiger partial charge in [-0.3, -0.25) is 14.5 Å². The van der Waals surface area contributed by atoms with E-state index in [1.165, 1.54) is 11.1 Å². The number of carbonyl (C=O) groups excluding carboxylic acids is 2. The van der Waals surface area contributed by atoms with Gasteiger partial charge in [-0.2, -0.15) is 0 Å². The highest BCUT2D eigenvalue weighted by molar-refractivity contribution is 6.02. The average molecular weight is 463 g/mol. The Morgan fingerprint density at radius 3 is 2.47 bits per heavy atom. The van der Waals surface area contributed by atoms with Gasteiger partial charge < -0.3 is 20.3 Å². The molecule has 3 aliphatic rings. The van der Waals surface area contributed by atoms with Crippen molar-refractivity contribution < 1.29 is 14.3 Å². The van der Waals surface area contributed by atoms with Crippen LogP contribution in [0.4, 0.5) is 5.69 Å². The molecule has 3 heterocycles. The van der Waals surface area contributed by atoms with Crippen molar-refractivity contribution in [2.24, 2.45) is 5.92 Å². The summed E-state index contributed by atoms with van der Waals surface area (Å²) in [7, 11) is 0. The first-order chi connectivity index (χ1) is 16.5. The molecular formula is C27H34N4O3. The molecule has 0 saturated carbocycles. The minimum absolute atomic E-state index is 0.00227. The van der Waals surface area contributed by atoms with Crippen LogP contribution in [0.3, 0.4) is 0 Å². The Bertz CT molecular complexity index is 1040. The summed E-state index contributed by atoms with van der Waals surface area (Å²) in [6.45, 7) is 8.76. The minimum atomic E-state index is -0.196. The third-order valence-corrected chi connectivity index (χ3v) is 7.15. The van der Waals surface area contributed by atoms with E-state index in [1.54, 1.807) is 6.07 Å². The maximum atomic E-state index is 13.5. The predicted octanol–water partition coefficient (Wildman–Crippen LogP) is 3.25. The van der Waals surface area contributed by atoms with Gasteiger partial charge in [0, 0.05) is 31.6 Å². The largest absolute Gasteiger partial charge is 0.484 e. The highest BCUT2D eigenvalue weighted by Crippen LogP contribution is 2.35. The first-order valence-electron chi connectivity index (χ1n) is 12.4. The number of fused-ring (bicyclic) bond motifs is 2. The molecule has 34 heavy (non-hydrogen) atoms. The molecule has 1 atom stereocenters. The standard InChI is InChI=1S/C27H34N4O3/c1-18(2)31-17-22(16-30-14-20-6-3-4-7-21(20)15-30)34-25-23(27(31)33)8-5-9-24(25)29-26(32)19-10-12-28-13-11-19/h3-9,18-19,22,28H,10-17H2,1-2H3,(H,29,32). The molecule has 2 aromatic rings. The number of piperidine rings is 1. The number of anilines is 1. The number of benzene rings is 2. The molecule has 2 aromatic carbocycles. The predicted molar refractivity (Wildman–Crippen MR) is 132 cm³/mol. The Balaban J connectivity index is 1.39. The lowest BCUT2D eigenvalue weighted by Gasteiger charge is -2.29. The van der Waals surface area contributed by atoms with Crippen LogP contribution >= 0.6 is 0 Å². The lowest BCUT2D eigenvalue weighted by atomic mass is 9.97. The summed E-state index contributed by atoms with van der Waals surface area (Å²) in [6.07, 6.45) is 1.44. The van der Waals surface area contributed by atoms with E-state index < -0.39 is 0 Å². The van der Waals surface area contributed by atoms with Crippen molar-refractivity contribution in [1.29, 1.82) is 0 Å². The van der Waals surface area contributed by atoms with Gasteiger partial charge in [0.05, 0.1) is 17.8 Å². The highest BCUT2D eigenvalue weighted by Gasteiger charge is 2.34. The van der Waals surface area contributed by atoms with Gasteiger partial charge in [0.2, 0.25) is 5.91 Å². The van der Waals surface area contributed by atoms with Crippen molar-refractivity contribution in [3.05, 3.63) is 59.2 Å². The zero-order valence-corrected chi connectivity index (χ0v) is 20.0. The lowest BCUT2D eigenvalue weighted by molar-refractivity contribution is -0.120. The molecule has 1 saturated heterocycles. The lowest BCUT2D eigenvalue weighted by Crippen LogP contribution is -2.45. The van der Waals surface area contributed by atoms with Gasteiger partial charge >= 0.3 is 0 Å². The molecule has 5 rings (SSSR count). The van der Waals surface area contributed by atoms with Gasteiger partial charge in [-0.15, -0.1) is 0 Å². The molecule has 7 heteroatoms. The van der Waals surface area contributed by atoms with E-state index in [-0.39, 0.29) is 29.9 Å². The third-order valence-electron chi connectivity index (χ3n) is 7.15. The summed E-state index contributed by atoms with van der Waals surface area (Å²) < 4.78 is 6.56. The van der Waals surface area contributed by atoms with E-state index in [4.69, 9.17) is 4.74 Å². The summed E-state index contributed by atoms with van der Waals surface area (Å²) >= 11 is 0. The molecule has 0 spiro atoms. The van der Waals surface area contributed by atoms with Crippen LogP contribution in [0, 0.1) is 5.92 Å². The summed E-state index contributed by atoms with van der Waals surface area (Å²) in [4.78, 5) is 30.7. The summed E-state index contributed by atoms with van der Waals surface area (Å²) in [6, 6.07) is 14.0. The van der Waals surface area contributed by atoms with Crippen LogP contribution in [0.5, 0.6) is 5.75 Å². The molecule has 2 amide bonds. The molecule has 0 radical (unpaired) electrons. The maximum Gasteiger partial charge on any atom is 0.258 e. The van der Waals surface area contributed by atoms with Crippen LogP contribution in [-0.2, 0) is 17.9 Å². The smallest absolute Gasteiger partial charge is 0.258 e. The number of carbonyl (C=O) groups is 2. The van der Waals surface area contributed by atoms with Crippen molar-refractivity contribution in [2.45, 2.75) is 51.9 Å². The van der Waals surface area contributed by atoms with Gasteiger partial charge in [-0.1, -0.05) is 30.3 Å². The van der Waals surface area contributed by atoms with E-state index in [1.807, 2.05) is 30.9 Å². The number of hydrogen-bond acceptors (Lipinski definition) is 5. The normalized spacial score (nSPS) is 21.1. The SMILES string of the molecule is CC(C)N1CC(CN2Cc3ccccc3C2)Oc2c(NC(=O)C3CCNCC3)cccc2C1=O. The average Bonchev–Trinajstić information content (AvgIpc) is 3.19. The van der Waals surface area contributed by atoms with Crippen molar-refractivity contribution >= 4 is 17.5 Å². The van der Waals surface area contributed by atoms with Crippen molar-refractivity contribution in [1.82, 2.24) is 15.1 Å². The number of ether oxygens (including phenoxy) is 1. The van der Waals surface area contributed by atoms with Gasteiger partial charge in [0.15, 0.2) is 5.75 Å². The van der Waals surface area contributed by atoms with Crippen LogP contribution in [0.25, 0.3) is 0 Å². The summed E-state index contributed by atoms with van der Waals surface area (Å²) in [5, 5.41) is 6.38. The Morgan fingerprint density at radius 2 is 1.79 bits per heavy atom. The number of nitrogens with one attached hydrogen (secondary N) is 2. The highest BCUT2D eigenvalue weighted by atomic mass is 16.5. The molecule has 3 aliphatic heterocycles. The fourth-order valence-corrected chi connectivity index (χ4v) is 5.27. The number of amides is 2. The number of para-hydroxylation sites is 1. The third kappa shape index (κ3) is 4.68. The summed E-state index contributed by atoms with van der Waals surface area (Å²) in [5.41, 5.74) is 3.81. The van der Waals surface area contributed by atoms with E-state index in [0.717, 1.165) is 39.0 Å². The first kappa shape index (κ1) is 22.9. The number of hydrogen-bond donors (Lipinski definition) is 2. The van der Waals surface area contributed by atoms with Crippen LogP contribution in [0.1, 0.15) is 48.2 Å². The van der Waals surface area contributed by atoms with E-state index in [2.05, 4.69) is 39.8 Å². The van der Waals surface area contributed by atoms with Crippen LogP contribution in [-0.4, -0.2) is 59.9 Å². The first-order valence-corrected chi connectivity index (χ1v) is 12.4. The topological polar surface area (TPSA) is 73.9 Å². The Kier molecular flexibility index (Phi) is 6.57. The number of nitrogens with zero attached hydrogens (tertiary/aromatic N) is 2. The zero-order chi connectivity index (χ0) is 23.7.